The molecule has 0 amide bonds. The van der Waals surface area contributed by atoms with E-state index in [0.29, 0.717) is 11.7 Å². The van der Waals surface area contributed by atoms with E-state index in [1.807, 2.05) is 0 Å². The third-order valence-corrected chi connectivity index (χ3v) is 3.97. The largest absolute Gasteiger partial charge is 0.299 e. The summed E-state index contributed by atoms with van der Waals surface area (Å²) >= 11 is 0. The van der Waals surface area contributed by atoms with Crippen molar-refractivity contribution >= 4 is 5.78 Å². The fraction of sp³-hybridized carbons (Fsp3) is 0.900. The van der Waals surface area contributed by atoms with Gasteiger partial charge in [0.2, 0.25) is 0 Å². The second-order valence-corrected chi connectivity index (χ2v) is 4.28. The Labute approximate surface area is 68.2 Å². The molecule has 0 radical (unpaired) electrons. The van der Waals surface area contributed by atoms with Crippen molar-refractivity contribution in [1.82, 2.24) is 0 Å². The maximum atomic E-state index is 11.6. The molecule has 0 aromatic carbocycles. The Morgan fingerprint density at radius 2 is 2.27 bits per heavy atom. The van der Waals surface area contributed by atoms with Crippen LogP contribution in [0.25, 0.3) is 0 Å². The number of rotatable bonds is 1. The molecule has 11 heavy (non-hydrogen) atoms. The predicted molar refractivity (Wildman–Crippen MR) is 44.2 cm³/mol. The van der Waals surface area contributed by atoms with Crippen molar-refractivity contribution in [3.05, 3.63) is 0 Å². The topological polar surface area (TPSA) is 17.1 Å². The van der Waals surface area contributed by atoms with Gasteiger partial charge in [-0.25, -0.2) is 0 Å². The highest BCUT2D eigenvalue weighted by Crippen LogP contribution is 2.57. The van der Waals surface area contributed by atoms with E-state index < -0.39 is 0 Å². The van der Waals surface area contributed by atoms with Crippen molar-refractivity contribution < 1.29 is 4.79 Å². The minimum atomic E-state index is 0.0845. The average molecular weight is 152 g/mol. The quantitative estimate of drug-likeness (QED) is 0.564. The summed E-state index contributed by atoms with van der Waals surface area (Å²) in [6, 6.07) is 0. The summed E-state index contributed by atoms with van der Waals surface area (Å²) in [5.74, 6) is 1.78. The molecule has 0 bridgehead atoms. The molecule has 3 unspecified atom stereocenters. The number of hydrogen-bond donors (Lipinski definition) is 0. The van der Waals surface area contributed by atoms with E-state index in [-0.39, 0.29) is 5.41 Å². The fourth-order valence-electron chi connectivity index (χ4n) is 2.98. The van der Waals surface area contributed by atoms with Crippen LogP contribution in [0.3, 0.4) is 0 Å². The van der Waals surface area contributed by atoms with E-state index in [1.54, 1.807) is 0 Å². The molecule has 3 atom stereocenters. The minimum Gasteiger partial charge on any atom is -0.299 e. The SMILES string of the molecule is CCC1(C)C(=O)C2CCCC21. The lowest BCUT2D eigenvalue weighted by molar-refractivity contribution is -0.152. The molecule has 1 nitrogen and oxygen atoms in total. The highest BCUT2D eigenvalue weighted by molar-refractivity contribution is 5.93. The van der Waals surface area contributed by atoms with E-state index >= 15 is 0 Å². The molecule has 2 fully saturated rings. The van der Waals surface area contributed by atoms with Crippen molar-refractivity contribution in [2.24, 2.45) is 17.3 Å². The van der Waals surface area contributed by atoms with Gasteiger partial charge in [0.05, 0.1) is 0 Å². The Bertz CT molecular complexity index is 197. The monoisotopic (exact) mass is 152 g/mol. The summed E-state index contributed by atoms with van der Waals surface area (Å²) in [4.78, 5) is 11.6. The molecular formula is C10H16O. The number of hydrogen-bond acceptors (Lipinski definition) is 1. The molecular weight excluding hydrogens is 136 g/mol. The van der Waals surface area contributed by atoms with E-state index in [2.05, 4.69) is 13.8 Å². The highest BCUT2D eigenvalue weighted by Gasteiger charge is 2.58. The Morgan fingerprint density at radius 3 is 2.91 bits per heavy atom. The van der Waals surface area contributed by atoms with Crippen LogP contribution in [0.15, 0.2) is 0 Å². The molecule has 0 spiro atoms. The summed E-state index contributed by atoms with van der Waals surface area (Å²) in [5.41, 5.74) is 0.0845. The van der Waals surface area contributed by atoms with E-state index in [0.717, 1.165) is 12.3 Å². The van der Waals surface area contributed by atoms with Gasteiger partial charge in [-0.15, -0.1) is 0 Å². The van der Waals surface area contributed by atoms with Gasteiger partial charge in [0.15, 0.2) is 0 Å². The lowest BCUT2D eigenvalue weighted by Gasteiger charge is -2.48. The summed E-state index contributed by atoms with van der Waals surface area (Å²) in [6.45, 7) is 4.30. The molecule has 2 rings (SSSR count). The van der Waals surface area contributed by atoms with Crippen LogP contribution in [0.5, 0.6) is 0 Å². The minimum absolute atomic E-state index is 0.0845. The first-order chi connectivity index (χ1) is 5.20. The van der Waals surface area contributed by atoms with Crippen LogP contribution in [0.1, 0.15) is 39.5 Å². The van der Waals surface area contributed by atoms with Crippen LogP contribution < -0.4 is 0 Å². The van der Waals surface area contributed by atoms with Gasteiger partial charge in [0.25, 0.3) is 0 Å². The molecule has 0 N–H and O–H groups in total. The number of carbonyl (C=O) groups excluding carboxylic acids is 1. The second kappa shape index (κ2) is 2.09. The second-order valence-electron chi connectivity index (χ2n) is 4.28. The zero-order valence-electron chi connectivity index (χ0n) is 7.39. The first-order valence-corrected chi connectivity index (χ1v) is 4.74. The molecule has 2 saturated carbocycles. The van der Waals surface area contributed by atoms with Gasteiger partial charge >= 0.3 is 0 Å². The van der Waals surface area contributed by atoms with Gasteiger partial charge in [-0.3, -0.25) is 4.79 Å². The molecule has 0 aliphatic heterocycles. The lowest BCUT2D eigenvalue weighted by atomic mass is 9.54. The van der Waals surface area contributed by atoms with Crippen molar-refractivity contribution in [3.8, 4) is 0 Å². The number of carbonyl (C=O) groups is 1. The number of fused-ring (bicyclic) bond motifs is 1. The summed E-state index contributed by atoms with van der Waals surface area (Å²) in [6.07, 6.45) is 4.82. The number of ketones is 1. The van der Waals surface area contributed by atoms with Crippen molar-refractivity contribution in [1.29, 1.82) is 0 Å². The van der Waals surface area contributed by atoms with Crippen LogP contribution in [-0.2, 0) is 4.79 Å². The molecule has 0 aromatic heterocycles. The lowest BCUT2D eigenvalue weighted by Crippen LogP contribution is -2.53. The van der Waals surface area contributed by atoms with Gasteiger partial charge < -0.3 is 0 Å². The first-order valence-electron chi connectivity index (χ1n) is 4.74. The van der Waals surface area contributed by atoms with Crippen molar-refractivity contribution in [3.63, 3.8) is 0 Å². The first kappa shape index (κ1) is 7.33. The van der Waals surface area contributed by atoms with Gasteiger partial charge in [0.1, 0.15) is 5.78 Å². The maximum Gasteiger partial charge on any atom is 0.142 e. The average Bonchev–Trinajstić information content (AvgIpc) is 2.48. The van der Waals surface area contributed by atoms with Crippen LogP contribution in [0.4, 0.5) is 0 Å². The zero-order valence-corrected chi connectivity index (χ0v) is 7.39. The van der Waals surface area contributed by atoms with Gasteiger partial charge in [0, 0.05) is 11.3 Å². The Balaban J connectivity index is 2.20. The summed E-state index contributed by atoms with van der Waals surface area (Å²) < 4.78 is 0. The smallest absolute Gasteiger partial charge is 0.142 e. The van der Waals surface area contributed by atoms with Gasteiger partial charge in [-0.1, -0.05) is 20.3 Å². The highest BCUT2D eigenvalue weighted by atomic mass is 16.1. The maximum absolute atomic E-state index is 11.6. The fourth-order valence-corrected chi connectivity index (χ4v) is 2.98. The van der Waals surface area contributed by atoms with Crippen LogP contribution in [-0.4, -0.2) is 5.78 Å². The van der Waals surface area contributed by atoms with Gasteiger partial charge in [-0.05, 0) is 25.2 Å². The molecule has 1 heteroatoms. The van der Waals surface area contributed by atoms with E-state index in [1.165, 1.54) is 19.3 Å². The van der Waals surface area contributed by atoms with Crippen LogP contribution in [0, 0.1) is 17.3 Å². The summed E-state index contributed by atoms with van der Waals surface area (Å²) in [7, 11) is 0. The number of Topliss-reactive ketones (excluding diaryl/α,β-unsaturated/α-hetero) is 1. The Kier molecular flexibility index (Phi) is 1.39. The normalized spacial score (nSPS) is 48.7. The molecule has 0 saturated heterocycles. The molecule has 0 aromatic rings. The third kappa shape index (κ3) is 0.692. The predicted octanol–water partition coefficient (Wildman–Crippen LogP) is 2.40. The standard InChI is InChI=1S/C10H16O/c1-3-10(2)8-6-4-5-7(8)9(10)11/h7-8H,3-6H2,1-2H3. The molecule has 0 heterocycles. The molecule has 2 aliphatic carbocycles. The molecule has 2 aliphatic rings. The van der Waals surface area contributed by atoms with Crippen LogP contribution in [0.2, 0.25) is 0 Å². The van der Waals surface area contributed by atoms with E-state index in [9.17, 15) is 4.79 Å². The Hall–Kier alpha value is -0.330. The Morgan fingerprint density at radius 1 is 1.55 bits per heavy atom. The summed E-state index contributed by atoms with van der Waals surface area (Å²) in [5, 5.41) is 0. The van der Waals surface area contributed by atoms with Crippen molar-refractivity contribution in [2.75, 3.05) is 0 Å². The van der Waals surface area contributed by atoms with E-state index in [4.69, 9.17) is 0 Å². The van der Waals surface area contributed by atoms with Crippen LogP contribution >= 0.6 is 0 Å². The van der Waals surface area contributed by atoms with Crippen molar-refractivity contribution in [2.45, 2.75) is 39.5 Å². The zero-order chi connectivity index (χ0) is 8.06. The molecule has 62 valence electrons. The third-order valence-electron chi connectivity index (χ3n) is 3.97. The van der Waals surface area contributed by atoms with Gasteiger partial charge in [-0.2, -0.15) is 0 Å².